The molecule has 1 N–H and O–H groups in total. The van der Waals surface area contributed by atoms with Crippen molar-refractivity contribution < 1.29 is 28.2 Å². The topological polar surface area (TPSA) is 105 Å². The van der Waals surface area contributed by atoms with Crippen LogP contribution in [0, 0.1) is 0 Å². The zero-order chi connectivity index (χ0) is 18.9. The van der Waals surface area contributed by atoms with Gasteiger partial charge in [-0.25, -0.2) is 0 Å². The Balaban J connectivity index is 1.24. The van der Waals surface area contributed by atoms with Crippen LogP contribution in [0.3, 0.4) is 0 Å². The van der Waals surface area contributed by atoms with Gasteiger partial charge in [-0.05, 0) is 24.3 Å². The average molecular weight is 381 g/mol. The molecule has 0 aliphatic carbocycles. The quantitative estimate of drug-likeness (QED) is 0.737. The van der Waals surface area contributed by atoms with Crippen LogP contribution in [0.5, 0.6) is 23.0 Å². The predicted octanol–water partition coefficient (Wildman–Crippen LogP) is 2.36. The first kappa shape index (κ1) is 16.4. The Hall–Kier alpha value is -3.75. The number of fused-ring (bicyclic) bond motifs is 2. The summed E-state index contributed by atoms with van der Waals surface area (Å²) in [6, 6.07) is 14.4. The lowest BCUT2D eigenvalue weighted by Gasteiger charge is -2.25. The SMILES string of the molecule is O=C(Nc1nnc(C2COc3ccccc3O2)o1)C1COc2ccccc2O1. The minimum absolute atomic E-state index is 0.0510. The summed E-state index contributed by atoms with van der Waals surface area (Å²) in [6.07, 6.45) is -1.39. The maximum atomic E-state index is 12.4. The van der Waals surface area contributed by atoms with Crippen molar-refractivity contribution >= 4 is 11.9 Å². The zero-order valence-corrected chi connectivity index (χ0v) is 14.5. The fraction of sp³-hybridized carbons (Fsp3) is 0.211. The lowest BCUT2D eigenvalue weighted by molar-refractivity contribution is -0.125. The molecular weight excluding hydrogens is 366 g/mol. The molecule has 0 saturated heterocycles. The van der Waals surface area contributed by atoms with Crippen molar-refractivity contribution in [1.82, 2.24) is 10.2 Å². The number of hydrogen-bond acceptors (Lipinski definition) is 8. The van der Waals surface area contributed by atoms with E-state index in [0.29, 0.717) is 23.0 Å². The maximum Gasteiger partial charge on any atom is 0.322 e. The van der Waals surface area contributed by atoms with E-state index in [9.17, 15) is 4.79 Å². The molecule has 2 aromatic carbocycles. The number of carbonyl (C=O) groups is 1. The summed E-state index contributed by atoms with van der Waals surface area (Å²) in [5.74, 6) is 2.11. The molecule has 1 amide bonds. The summed E-state index contributed by atoms with van der Waals surface area (Å²) in [4.78, 5) is 12.4. The van der Waals surface area contributed by atoms with Gasteiger partial charge in [-0.15, -0.1) is 5.10 Å². The number of amides is 1. The molecule has 1 aromatic heterocycles. The lowest BCUT2D eigenvalue weighted by Crippen LogP contribution is -2.40. The van der Waals surface area contributed by atoms with Gasteiger partial charge in [-0.2, -0.15) is 0 Å². The summed E-state index contributed by atoms with van der Waals surface area (Å²) in [7, 11) is 0. The van der Waals surface area contributed by atoms with Gasteiger partial charge in [0.25, 0.3) is 11.8 Å². The van der Waals surface area contributed by atoms with E-state index in [1.54, 1.807) is 24.3 Å². The van der Waals surface area contributed by atoms with E-state index in [-0.39, 0.29) is 25.1 Å². The number of ether oxygens (including phenoxy) is 4. The molecule has 142 valence electrons. The summed E-state index contributed by atoms with van der Waals surface area (Å²) in [6.45, 7) is 0.309. The van der Waals surface area contributed by atoms with E-state index >= 15 is 0 Å². The van der Waals surface area contributed by atoms with Crippen LogP contribution in [0.4, 0.5) is 6.01 Å². The first-order valence-corrected chi connectivity index (χ1v) is 8.67. The van der Waals surface area contributed by atoms with E-state index < -0.39 is 18.1 Å². The van der Waals surface area contributed by atoms with Gasteiger partial charge in [-0.3, -0.25) is 10.1 Å². The molecule has 5 rings (SSSR count). The van der Waals surface area contributed by atoms with Crippen LogP contribution < -0.4 is 24.3 Å². The maximum absolute atomic E-state index is 12.4. The third-order valence-electron chi connectivity index (χ3n) is 4.26. The molecule has 2 aliphatic heterocycles. The number of rotatable bonds is 3. The van der Waals surface area contributed by atoms with Crippen LogP contribution in [-0.4, -0.2) is 35.4 Å². The molecule has 3 aromatic rings. The smallest absolute Gasteiger partial charge is 0.322 e. The highest BCUT2D eigenvalue weighted by atomic mass is 16.6. The number of benzene rings is 2. The number of nitrogens with zero attached hydrogens (tertiary/aromatic N) is 2. The molecule has 9 nitrogen and oxygen atoms in total. The minimum Gasteiger partial charge on any atom is -0.485 e. The van der Waals surface area contributed by atoms with Crippen LogP contribution >= 0.6 is 0 Å². The summed E-state index contributed by atoms with van der Waals surface area (Å²) in [5.41, 5.74) is 0. The molecule has 0 fully saturated rings. The Kier molecular flexibility index (Phi) is 3.97. The number of nitrogens with one attached hydrogen (secondary N) is 1. The van der Waals surface area contributed by atoms with Crippen LogP contribution in [0.2, 0.25) is 0 Å². The van der Waals surface area contributed by atoms with Crippen LogP contribution in [0.1, 0.15) is 12.0 Å². The van der Waals surface area contributed by atoms with Crippen LogP contribution in [0.15, 0.2) is 52.9 Å². The normalized spacial score (nSPS) is 19.7. The molecule has 0 saturated carbocycles. The Morgan fingerprint density at radius 3 is 2.25 bits per heavy atom. The van der Waals surface area contributed by atoms with E-state index in [4.69, 9.17) is 23.4 Å². The molecule has 0 bridgehead atoms. The van der Waals surface area contributed by atoms with Crippen molar-refractivity contribution in [3.63, 3.8) is 0 Å². The highest BCUT2D eigenvalue weighted by molar-refractivity contribution is 5.92. The van der Waals surface area contributed by atoms with Gasteiger partial charge in [0, 0.05) is 0 Å². The second-order valence-corrected chi connectivity index (χ2v) is 6.16. The Labute approximate surface area is 159 Å². The predicted molar refractivity (Wildman–Crippen MR) is 94.6 cm³/mol. The second-order valence-electron chi connectivity index (χ2n) is 6.16. The first-order valence-electron chi connectivity index (χ1n) is 8.67. The molecule has 0 radical (unpaired) electrons. The fourth-order valence-corrected chi connectivity index (χ4v) is 2.89. The van der Waals surface area contributed by atoms with Crippen molar-refractivity contribution in [1.29, 1.82) is 0 Å². The van der Waals surface area contributed by atoms with Crippen molar-refractivity contribution in [3.05, 3.63) is 54.4 Å². The number of hydrogen-bond donors (Lipinski definition) is 1. The van der Waals surface area contributed by atoms with E-state index in [1.807, 2.05) is 24.3 Å². The third kappa shape index (κ3) is 3.07. The van der Waals surface area contributed by atoms with Gasteiger partial charge in [0.2, 0.25) is 12.2 Å². The molecule has 2 unspecified atom stereocenters. The molecule has 2 aliphatic rings. The first-order chi connectivity index (χ1) is 13.8. The van der Waals surface area contributed by atoms with Crippen molar-refractivity contribution in [2.45, 2.75) is 12.2 Å². The number of aromatic nitrogens is 2. The van der Waals surface area contributed by atoms with E-state index in [0.717, 1.165) is 0 Å². The van der Waals surface area contributed by atoms with Crippen LogP contribution in [0.25, 0.3) is 0 Å². The van der Waals surface area contributed by atoms with Gasteiger partial charge in [0.15, 0.2) is 23.0 Å². The Morgan fingerprint density at radius 2 is 1.50 bits per heavy atom. The summed E-state index contributed by atoms with van der Waals surface area (Å²) in [5, 5.41) is 10.3. The molecule has 9 heteroatoms. The van der Waals surface area contributed by atoms with Gasteiger partial charge < -0.3 is 23.4 Å². The van der Waals surface area contributed by atoms with Gasteiger partial charge in [-0.1, -0.05) is 29.4 Å². The Bertz CT molecular complexity index is 1020. The highest BCUT2D eigenvalue weighted by Gasteiger charge is 2.30. The van der Waals surface area contributed by atoms with Crippen molar-refractivity contribution in [3.8, 4) is 23.0 Å². The number of carbonyl (C=O) groups excluding carboxylic acids is 1. The van der Waals surface area contributed by atoms with Gasteiger partial charge >= 0.3 is 6.01 Å². The minimum atomic E-state index is -0.827. The fourth-order valence-electron chi connectivity index (χ4n) is 2.89. The van der Waals surface area contributed by atoms with Crippen LogP contribution in [-0.2, 0) is 4.79 Å². The third-order valence-corrected chi connectivity index (χ3v) is 4.26. The molecular formula is C19H15N3O6. The largest absolute Gasteiger partial charge is 0.485 e. The lowest BCUT2D eigenvalue weighted by atomic mass is 10.2. The van der Waals surface area contributed by atoms with E-state index in [1.165, 1.54) is 0 Å². The molecule has 0 spiro atoms. The van der Waals surface area contributed by atoms with Gasteiger partial charge in [0.1, 0.15) is 13.2 Å². The molecule has 3 heterocycles. The van der Waals surface area contributed by atoms with Crippen molar-refractivity contribution in [2.75, 3.05) is 18.5 Å². The monoisotopic (exact) mass is 381 g/mol. The standard InChI is InChI=1S/C19H15N3O6/c23-17(15-9-24-11-5-1-3-7-13(11)26-15)20-19-22-21-18(28-19)16-10-25-12-6-2-4-8-14(12)27-16/h1-8,15-16H,9-10H2,(H,20,22,23). The zero-order valence-electron chi connectivity index (χ0n) is 14.5. The van der Waals surface area contributed by atoms with Crippen molar-refractivity contribution in [2.24, 2.45) is 0 Å². The number of para-hydroxylation sites is 4. The Morgan fingerprint density at radius 1 is 0.857 bits per heavy atom. The summed E-state index contributed by atoms with van der Waals surface area (Å²) >= 11 is 0. The molecule has 28 heavy (non-hydrogen) atoms. The average Bonchev–Trinajstić information content (AvgIpc) is 3.21. The van der Waals surface area contributed by atoms with Gasteiger partial charge in [0.05, 0.1) is 0 Å². The number of anilines is 1. The second kappa shape index (κ2) is 6.76. The highest BCUT2D eigenvalue weighted by Crippen LogP contribution is 2.36. The van der Waals surface area contributed by atoms with E-state index in [2.05, 4.69) is 15.5 Å². The molecule has 2 atom stereocenters. The summed E-state index contributed by atoms with van der Waals surface area (Å²) < 4.78 is 28.2.